The minimum absolute atomic E-state index is 0.0242. The Hall–Kier alpha value is -1.68. The van der Waals surface area contributed by atoms with Crippen molar-refractivity contribution in [2.24, 2.45) is 5.92 Å². The molecule has 0 radical (unpaired) electrons. The smallest absolute Gasteiger partial charge is 0.237 e. The molecule has 1 aliphatic carbocycles. The van der Waals surface area contributed by atoms with Crippen molar-refractivity contribution in [1.82, 2.24) is 15.5 Å². The van der Waals surface area contributed by atoms with Crippen molar-refractivity contribution < 1.29 is 4.42 Å². The molecule has 1 saturated carbocycles. The van der Waals surface area contributed by atoms with E-state index in [1.165, 1.54) is 19.3 Å². The summed E-state index contributed by atoms with van der Waals surface area (Å²) in [6, 6.07) is 10.2. The first-order valence-electron chi connectivity index (χ1n) is 6.91. The number of benzene rings is 1. The van der Waals surface area contributed by atoms with E-state index in [0.29, 0.717) is 5.89 Å². The number of aromatic nitrogens is 2. The van der Waals surface area contributed by atoms with E-state index in [-0.39, 0.29) is 6.04 Å². The largest absolute Gasteiger partial charge is 0.423 e. The lowest BCUT2D eigenvalue weighted by Gasteiger charge is -2.23. The summed E-state index contributed by atoms with van der Waals surface area (Å²) < 4.78 is 5.81. The van der Waals surface area contributed by atoms with Crippen LogP contribution in [0.1, 0.15) is 42.6 Å². The van der Waals surface area contributed by atoms with Crippen LogP contribution < -0.4 is 5.32 Å². The molecule has 0 spiro atoms. The molecule has 1 unspecified atom stereocenters. The Kier molecular flexibility index (Phi) is 3.60. The van der Waals surface area contributed by atoms with Crippen LogP contribution in [0.3, 0.4) is 0 Å². The maximum atomic E-state index is 5.81. The summed E-state index contributed by atoms with van der Waals surface area (Å²) in [6.45, 7) is 0. The molecular weight excluding hydrogens is 238 g/mol. The average Bonchev–Trinajstić information content (AvgIpc) is 2.85. The molecule has 1 atom stereocenters. The van der Waals surface area contributed by atoms with Crippen LogP contribution in [0.4, 0.5) is 0 Å². The lowest BCUT2D eigenvalue weighted by molar-refractivity contribution is 0.284. The highest BCUT2D eigenvalue weighted by atomic mass is 16.4. The fourth-order valence-electron chi connectivity index (χ4n) is 2.49. The standard InChI is InChI=1S/C15H19N3O/c1-16-14(12-8-3-2-4-9-12)15-18-17-13(19-15)10-11-6-5-7-11/h2-4,8-9,11,14,16H,5-7,10H2,1H3. The molecule has 0 amide bonds. The Bertz CT molecular complexity index is 519. The van der Waals surface area contributed by atoms with Crippen molar-refractivity contribution in [3.8, 4) is 0 Å². The van der Waals surface area contributed by atoms with Crippen LogP contribution in [0.2, 0.25) is 0 Å². The molecule has 0 saturated heterocycles. The highest BCUT2D eigenvalue weighted by Gasteiger charge is 2.23. The van der Waals surface area contributed by atoms with Gasteiger partial charge in [-0.3, -0.25) is 0 Å². The summed E-state index contributed by atoms with van der Waals surface area (Å²) in [4.78, 5) is 0. The molecule has 2 aromatic rings. The Labute approximate surface area is 113 Å². The van der Waals surface area contributed by atoms with Gasteiger partial charge in [0.15, 0.2) is 0 Å². The Morgan fingerprint density at radius 1 is 1.26 bits per heavy atom. The maximum Gasteiger partial charge on any atom is 0.237 e. The van der Waals surface area contributed by atoms with Crippen molar-refractivity contribution in [3.05, 3.63) is 47.7 Å². The second-order valence-corrected chi connectivity index (χ2v) is 5.17. The van der Waals surface area contributed by atoms with Crippen LogP contribution >= 0.6 is 0 Å². The van der Waals surface area contributed by atoms with Crippen LogP contribution in [-0.2, 0) is 6.42 Å². The monoisotopic (exact) mass is 257 g/mol. The topological polar surface area (TPSA) is 51.0 Å². The molecule has 1 heterocycles. The van der Waals surface area contributed by atoms with E-state index >= 15 is 0 Å². The van der Waals surface area contributed by atoms with Crippen molar-refractivity contribution in [3.63, 3.8) is 0 Å². The average molecular weight is 257 g/mol. The van der Waals surface area contributed by atoms with E-state index in [0.717, 1.165) is 23.8 Å². The second kappa shape index (κ2) is 5.53. The summed E-state index contributed by atoms with van der Waals surface area (Å²) >= 11 is 0. The number of nitrogens with zero attached hydrogens (tertiary/aromatic N) is 2. The number of nitrogens with one attached hydrogen (secondary N) is 1. The molecule has 1 aromatic carbocycles. The molecule has 4 heteroatoms. The Balaban J connectivity index is 1.76. The lowest BCUT2D eigenvalue weighted by atomic mass is 9.83. The maximum absolute atomic E-state index is 5.81. The molecule has 1 N–H and O–H groups in total. The van der Waals surface area contributed by atoms with Crippen LogP contribution in [0, 0.1) is 5.92 Å². The van der Waals surface area contributed by atoms with Gasteiger partial charge < -0.3 is 9.73 Å². The highest BCUT2D eigenvalue weighted by molar-refractivity contribution is 5.23. The minimum atomic E-state index is -0.0242. The third-order valence-electron chi connectivity index (χ3n) is 3.84. The lowest BCUT2D eigenvalue weighted by Crippen LogP contribution is -2.18. The first-order valence-corrected chi connectivity index (χ1v) is 6.91. The molecule has 1 fully saturated rings. The number of hydrogen-bond donors (Lipinski definition) is 1. The summed E-state index contributed by atoms with van der Waals surface area (Å²) in [5.74, 6) is 2.18. The zero-order valence-corrected chi connectivity index (χ0v) is 11.2. The van der Waals surface area contributed by atoms with E-state index in [2.05, 4.69) is 27.6 Å². The van der Waals surface area contributed by atoms with Gasteiger partial charge in [0.05, 0.1) is 0 Å². The van der Waals surface area contributed by atoms with E-state index in [1.807, 2.05) is 25.2 Å². The number of rotatable bonds is 5. The summed E-state index contributed by atoms with van der Waals surface area (Å²) in [5.41, 5.74) is 1.14. The van der Waals surface area contributed by atoms with Crippen LogP contribution in [0.15, 0.2) is 34.7 Å². The summed E-state index contributed by atoms with van der Waals surface area (Å²) in [5, 5.41) is 11.6. The first-order chi connectivity index (χ1) is 9.36. The predicted octanol–water partition coefficient (Wildman–Crippen LogP) is 2.72. The van der Waals surface area contributed by atoms with E-state index < -0.39 is 0 Å². The third-order valence-corrected chi connectivity index (χ3v) is 3.84. The van der Waals surface area contributed by atoms with Crippen molar-refractivity contribution in [2.45, 2.75) is 31.7 Å². The molecule has 19 heavy (non-hydrogen) atoms. The molecular formula is C15H19N3O. The molecule has 1 aromatic heterocycles. The van der Waals surface area contributed by atoms with Crippen molar-refractivity contribution >= 4 is 0 Å². The van der Waals surface area contributed by atoms with Gasteiger partial charge in [-0.05, 0) is 31.4 Å². The van der Waals surface area contributed by atoms with Crippen molar-refractivity contribution in [2.75, 3.05) is 7.05 Å². The summed E-state index contributed by atoms with van der Waals surface area (Å²) in [7, 11) is 1.91. The van der Waals surface area contributed by atoms with Gasteiger partial charge in [0.2, 0.25) is 11.8 Å². The van der Waals surface area contributed by atoms with Crippen molar-refractivity contribution in [1.29, 1.82) is 0 Å². The van der Waals surface area contributed by atoms with Crippen LogP contribution in [0.25, 0.3) is 0 Å². The fourth-order valence-corrected chi connectivity index (χ4v) is 2.49. The summed E-state index contributed by atoms with van der Waals surface area (Å²) in [6.07, 6.45) is 4.87. The predicted molar refractivity (Wildman–Crippen MR) is 72.7 cm³/mol. The first kappa shape index (κ1) is 12.4. The second-order valence-electron chi connectivity index (χ2n) is 5.17. The van der Waals surface area contributed by atoms with Gasteiger partial charge in [-0.25, -0.2) is 0 Å². The molecule has 0 bridgehead atoms. The van der Waals surface area contributed by atoms with Crippen LogP contribution in [0.5, 0.6) is 0 Å². The van der Waals surface area contributed by atoms with Gasteiger partial charge in [0.1, 0.15) is 6.04 Å². The van der Waals surface area contributed by atoms with Gasteiger partial charge in [-0.2, -0.15) is 0 Å². The van der Waals surface area contributed by atoms with E-state index in [1.54, 1.807) is 0 Å². The molecule has 3 rings (SSSR count). The van der Waals surface area contributed by atoms with E-state index in [9.17, 15) is 0 Å². The van der Waals surface area contributed by atoms with Gasteiger partial charge >= 0.3 is 0 Å². The SMILES string of the molecule is CNC(c1ccccc1)c1nnc(CC2CCC2)o1. The van der Waals surface area contributed by atoms with Gasteiger partial charge in [0.25, 0.3) is 0 Å². The van der Waals surface area contributed by atoms with E-state index in [4.69, 9.17) is 4.42 Å². The molecule has 100 valence electrons. The zero-order chi connectivity index (χ0) is 13.1. The van der Waals surface area contributed by atoms with Gasteiger partial charge in [-0.15, -0.1) is 10.2 Å². The third kappa shape index (κ3) is 2.68. The van der Waals surface area contributed by atoms with Gasteiger partial charge in [-0.1, -0.05) is 36.8 Å². The quantitative estimate of drug-likeness (QED) is 0.894. The fraction of sp³-hybridized carbons (Fsp3) is 0.467. The molecule has 0 aliphatic heterocycles. The highest BCUT2D eigenvalue weighted by Crippen LogP contribution is 2.30. The van der Waals surface area contributed by atoms with Crippen LogP contribution in [-0.4, -0.2) is 17.2 Å². The Morgan fingerprint density at radius 2 is 2.05 bits per heavy atom. The normalized spacial score (nSPS) is 17.1. The Morgan fingerprint density at radius 3 is 2.68 bits per heavy atom. The molecule has 1 aliphatic rings. The number of hydrogen-bond acceptors (Lipinski definition) is 4. The minimum Gasteiger partial charge on any atom is -0.423 e. The zero-order valence-electron chi connectivity index (χ0n) is 11.2. The van der Waals surface area contributed by atoms with Gasteiger partial charge in [0, 0.05) is 6.42 Å². The molecule has 4 nitrogen and oxygen atoms in total.